The zero-order chi connectivity index (χ0) is 21.6. The number of amides is 2. The molecule has 0 radical (unpaired) electrons. The third-order valence-electron chi connectivity index (χ3n) is 7.49. The molecule has 4 atom stereocenters. The predicted molar refractivity (Wildman–Crippen MR) is 123 cm³/mol. The van der Waals surface area contributed by atoms with E-state index in [4.69, 9.17) is 0 Å². The van der Waals surface area contributed by atoms with Gasteiger partial charge in [0.05, 0.1) is 16.8 Å². The molecule has 164 valence electrons. The molecule has 6 heteroatoms. The molecule has 2 aliphatic rings. The van der Waals surface area contributed by atoms with E-state index in [1.54, 1.807) is 11.3 Å². The first-order valence-electron chi connectivity index (χ1n) is 11.4. The summed E-state index contributed by atoms with van der Waals surface area (Å²) in [5, 5.41) is 5.42. The lowest BCUT2D eigenvalue weighted by Gasteiger charge is -2.46. The van der Waals surface area contributed by atoms with E-state index in [-0.39, 0.29) is 17.9 Å². The van der Waals surface area contributed by atoms with Gasteiger partial charge in [0.2, 0.25) is 5.91 Å². The Labute approximate surface area is 183 Å². The van der Waals surface area contributed by atoms with Crippen LogP contribution in [0, 0.1) is 17.8 Å². The van der Waals surface area contributed by atoms with Crippen LogP contribution < -0.4 is 5.32 Å². The quantitative estimate of drug-likeness (QED) is 0.735. The van der Waals surface area contributed by atoms with Crippen molar-refractivity contribution in [2.24, 2.45) is 17.8 Å². The van der Waals surface area contributed by atoms with E-state index in [9.17, 15) is 9.59 Å². The standard InChI is InChI=1S/C24H35N3O2S/c1-15(2)9-11-27-22(28)20-13-21-19(10-12-30-21)26(20)14-24(27,5)23(29)25-18-8-6-7-16(3)17(18)4/h10,12-13,15-18H,6-9,11,14H2,1-5H3,(H,25,29)/t16-,17-,18-,24-/m1/s1. The average Bonchev–Trinajstić information content (AvgIpc) is 3.27. The molecule has 2 amide bonds. The van der Waals surface area contributed by atoms with Crippen molar-refractivity contribution in [1.29, 1.82) is 0 Å². The van der Waals surface area contributed by atoms with E-state index < -0.39 is 5.54 Å². The van der Waals surface area contributed by atoms with Crippen molar-refractivity contribution in [1.82, 2.24) is 14.8 Å². The minimum absolute atomic E-state index is 0.00622. The van der Waals surface area contributed by atoms with E-state index in [0.29, 0.717) is 36.5 Å². The van der Waals surface area contributed by atoms with Crippen molar-refractivity contribution >= 4 is 33.4 Å². The molecule has 1 aliphatic carbocycles. The molecule has 2 aromatic rings. The summed E-state index contributed by atoms with van der Waals surface area (Å²) in [5.41, 5.74) is 0.892. The van der Waals surface area contributed by atoms with Crippen molar-refractivity contribution in [3.63, 3.8) is 0 Å². The van der Waals surface area contributed by atoms with Gasteiger partial charge in [-0.3, -0.25) is 9.59 Å². The Morgan fingerprint density at radius 2 is 2.10 bits per heavy atom. The molecule has 30 heavy (non-hydrogen) atoms. The molecule has 1 aliphatic heterocycles. The summed E-state index contributed by atoms with van der Waals surface area (Å²) in [5.74, 6) is 1.52. The van der Waals surface area contributed by atoms with Gasteiger partial charge in [-0.1, -0.05) is 40.5 Å². The fraction of sp³-hybridized carbons (Fsp3) is 0.667. The highest BCUT2D eigenvalue weighted by Gasteiger charge is 2.48. The molecular weight excluding hydrogens is 394 g/mol. The van der Waals surface area contributed by atoms with Gasteiger partial charge in [-0.2, -0.15) is 0 Å². The molecule has 4 rings (SSSR count). The number of nitrogens with one attached hydrogen (secondary N) is 1. The Morgan fingerprint density at radius 3 is 2.83 bits per heavy atom. The number of hydrogen-bond acceptors (Lipinski definition) is 3. The van der Waals surface area contributed by atoms with E-state index in [2.05, 4.69) is 49.0 Å². The summed E-state index contributed by atoms with van der Waals surface area (Å²) < 4.78 is 3.17. The van der Waals surface area contributed by atoms with Gasteiger partial charge < -0.3 is 14.8 Å². The molecule has 0 bridgehead atoms. The van der Waals surface area contributed by atoms with Gasteiger partial charge >= 0.3 is 0 Å². The summed E-state index contributed by atoms with van der Waals surface area (Å²) in [6, 6.07) is 4.24. The van der Waals surface area contributed by atoms with Crippen molar-refractivity contribution in [3.05, 3.63) is 23.2 Å². The first-order valence-corrected chi connectivity index (χ1v) is 12.3. The van der Waals surface area contributed by atoms with Crippen LogP contribution in [0.5, 0.6) is 0 Å². The van der Waals surface area contributed by atoms with Crippen molar-refractivity contribution in [3.8, 4) is 0 Å². The number of carbonyl (C=O) groups excluding carboxylic acids is 2. The molecule has 1 N–H and O–H groups in total. The number of rotatable bonds is 5. The Hall–Kier alpha value is -1.82. The molecule has 1 saturated carbocycles. The summed E-state index contributed by atoms with van der Waals surface area (Å²) in [4.78, 5) is 29.1. The van der Waals surface area contributed by atoms with Crippen molar-refractivity contribution in [2.45, 2.75) is 78.4 Å². The van der Waals surface area contributed by atoms with Crippen LogP contribution in [0.4, 0.5) is 0 Å². The van der Waals surface area contributed by atoms with Crippen LogP contribution in [-0.4, -0.2) is 39.4 Å². The molecule has 0 aromatic carbocycles. The van der Waals surface area contributed by atoms with E-state index >= 15 is 0 Å². The molecule has 2 aromatic heterocycles. The van der Waals surface area contributed by atoms with Crippen LogP contribution >= 0.6 is 11.3 Å². The normalized spacial score (nSPS) is 29.5. The zero-order valence-electron chi connectivity index (χ0n) is 18.9. The molecular formula is C24H35N3O2S. The van der Waals surface area contributed by atoms with Crippen LogP contribution in [0.1, 0.15) is 70.8 Å². The van der Waals surface area contributed by atoms with Crippen molar-refractivity contribution in [2.75, 3.05) is 6.54 Å². The first kappa shape index (κ1) is 21.4. The second-order valence-corrected chi connectivity index (χ2v) is 11.0. The lowest BCUT2D eigenvalue weighted by atomic mass is 9.77. The zero-order valence-corrected chi connectivity index (χ0v) is 19.7. The van der Waals surface area contributed by atoms with Gasteiger partial charge in [0.25, 0.3) is 5.91 Å². The fourth-order valence-corrected chi connectivity index (χ4v) is 5.94. The Balaban J connectivity index is 1.67. The highest BCUT2D eigenvalue weighted by atomic mass is 32.1. The van der Waals surface area contributed by atoms with Gasteiger partial charge in [-0.15, -0.1) is 11.3 Å². The fourth-order valence-electron chi connectivity index (χ4n) is 5.12. The number of hydrogen-bond donors (Lipinski definition) is 1. The van der Waals surface area contributed by atoms with Gasteiger partial charge in [0, 0.05) is 12.6 Å². The molecule has 3 heterocycles. The number of fused-ring (bicyclic) bond motifs is 3. The Kier molecular flexibility index (Phi) is 5.73. The highest BCUT2D eigenvalue weighted by molar-refractivity contribution is 7.17. The van der Waals surface area contributed by atoms with E-state index in [0.717, 1.165) is 29.5 Å². The second kappa shape index (κ2) is 8.03. The van der Waals surface area contributed by atoms with E-state index in [1.165, 1.54) is 6.42 Å². The predicted octanol–water partition coefficient (Wildman–Crippen LogP) is 4.90. The molecule has 0 spiro atoms. The topological polar surface area (TPSA) is 54.3 Å². The lowest BCUT2D eigenvalue weighted by molar-refractivity contribution is -0.134. The van der Waals surface area contributed by atoms with Crippen LogP contribution in [0.15, 0.2) is 17.5 Å². The van der Waals surface area contributed by atoms with E-state index in [1.807, 2.05) is 17.9 Å². The maximum atomic E-state index is 13.7. The van der Waals surface area contributed by atoms with Gasteiger partial charge in [0.15, 0.2) is 0 Å². The Morgan fingerprint density at radius 1 is 1.33 bits per heavy atom. The van der Waals surface area contributed by atoms with Crippen LogP contribution in [0.3, 0.4) is 0 Å². The summed E-state index contributed by atoms with van der Waals surface area (Å²) in [6.45, 7) is 11.9. The smallest absolute Gasteiger partial charge is 0.271 e. The van der Waals surface area contributed by atoms with Crippen molar-refractivity contribution < 1.29 is 9.59 Å². The third kappa shape index (κ3) is 3.57. The lowest BCUT2D eigenvalue weighted by Crippen LogP contribution is -2.65. The van der Waals surface area contributed by atoms with Gasteiger partial charge in [-0.25, -0.2) is 0 Å². The molecule has 5 nitrogen and oxygen atoms in total. The number of thiophene rings is 1. The Bertz CT molecular complexity index is 946. The maximum Gasteiger partial charge on any atom is 0.271 e. The third-order valence-corrected chi connectivity index (χ3v) is 8.34. The molecule has 0 saturated heterocycles. The highest BCUT2D eigenvalue weighted by Crippen LogP contribution is 2.36. The van der Waals surface area contributed by atoms with Crippen LogP contribution in [-0.2, 0) is 11.3 Å². The minimum Gasteiger partial charge on any atom is -0.351 e. The van der Waals surface area contributed by atoms with Crippen LogP contribution in [0.2, 0.25) is 0 Å². The number of aromatic nitrogens is 1. The maximum absolute atomic E-state index is 13.7. The second-order valence-electron chi connectivity index (χ2n) is 10.0. The molecule has 1 fully saturated rings. The molecule has 0 unspecified atom stereocenters. The van der Waals surface area contributed by atoms with Gasteiger partial charge in [0.1, 0.15) is 11.2 Å². The first-order chi connectivity index (χ1) is 14.2. The minimum atomic E-state index is -0.882. The number of carbonyl (C=O) groups is 2. The SMILES string of the molecule is CC(C)CCN1C(=O)c2cc3sccc3n2C[C@]1(C)C(=O)N[C@@H]1CCC[C@@H](C)[C@H]1C. The number of nitrogens with zero attached hydrogens (tertiary/aromatic N) is 2. The summed E-state index contributed by atoms with van der Waals surface area (Å²) >= 11 is 1.65. The monoisotopic (exact) mass is 429 g/mol. The largest absolute Gasteiger partial charge is 0.351 e. The van der Waals surface area contributed by atoms with Gasteiger partial charge in [-0.05, 0) is 55.0 Å². The van der Waals surface area contributed by atoms with Crippen LogP contribution in [0.25, 0.3) is 10.2 Å². The summed E-state index contributed by atoms with van der Waals surface area (Å²) in [6.07, 6.45) is 4.30. The average molecular weight is 430 g/mol. The summed E-state index contributed by atoms with van der Waals surface area (Å²) in [7, 11) is 0.